The Balaban J connectivity index is 1.38. The number of rotatable bonds is 8. The van der Waals surface area contributed by atoms with Crippen LogP contribution in [-0.2, 0) is 25.5 Å². The predicted molar refractivity (Wildman–Crippen MR) is 143 cm³/mol. The molecule has 3 aromatic rings. The molecule has 0 spiro atoms. The number of thioether (sulfide) groups is 1. The zero-order chi connectivity index (χ0) is 27.4. The van der Waals surface area contributed by atoms with E-state index in [1.165, 1.54) is 10.3 Å². The lowest BCUT2D eigenvalue weighted by Crippen LogP contribution is -2.74. The van der Waals surface area contributed by atoms with Gasteiger partial charge in [0.15, 0.2) is 12.1 Å². The maximum Gasteiger partial charge on any atom is 0.334 e. The summed E-state index contributed by atoms with van der Waals surface area (Å²) in [5.41, 5.74) is 2.12. The van der Waals surface area contributed by atoms with Crippen LogP contribution in [-0.4, -0.2) is 40.1 Å². The minimum absolute atomic E-state index is 0.0523. The summed E-state index contributed by atoms with van der Waals surface area (Å²) in [6.45, 7) is 0. The number of nitrogens with one attached hydrogen (secondary N) is 1. The second-order valence-electron chi connectivity index (χ2n) is 9.07. The molecular weight excluding hydrogens is 522 g/mol. The highest BCUT2D eigenvalue weighted by atomic mass is 32.2. The highest BCUT2D eigenvalue weighted by molar-refractivity contribution is 8.03. The molecule has 0 bridgehead atoms. The van der Waals surface area contributed by atoms with Crippen LogP contribution in [0, 0.1) is 0 Å². The second-order valence-corrected chi connectivity index (χ2v) is 10.1. The Morgan fingerprint density at radius 1 is 0.923 bits per heavy atom. The molecule has 1 N–H and O–H groups in total. The minimum atomic E-state index is -2.00. The van der Waals surface area contributed by atoms with Crippen LogP contribution >= 0.6 is 11.8 Å². The van der Waals surface area contributed by atoms with E-state index < -0.39 is 41.5 Å². The highest BCUT2D eigenvalue weighted by Gasteiger charge is 2.56. The minimum Gasteiger partial charge on any atom is -0.451 e. The average molecular weight is 547 g/mol. The number of carbonyl (C=O) groups excluding carboxylic acids is 3. The standard InChI is InChI=1S/C30H24F2N2O4S/c31-23(32)17-22-18-39-29-25(33-24(35)16-19-10-4-1-5-11-19)28(36)34(29)26(22)30(37)38-27(20-12-6-2-7-13-20)21-14-8-3-9-15-21/h1-15,17-18,25-27,29H,16H2,(H,33,35)/t25?,26?,29-/m1/s1. The van der Waals surface area contributed by atoms with Crippen molar-refractivity contribution in [3.63, 3.8) is 0 Å². The summed E-state index contributed by atoms with van der Waals surface area (Å²) in [6.07, 6.45) is -2.16. The van der Waals surface area contributed by atoms with E-state index in [0.29, 0.717) is 17.2 Å². The Morgan fingerprint density at radius 3 is 2.05 bits per heavy atom. The summed E-state index contributed by atoms with van der Waals surface area (Å²) in [6, 6.07) is 24.9. The van der Waals surface area contributed by atoms with Crippen molar-refractivity contribution in [3.05, 3.63) is 131 Å². The Morgan fingerprint density at radius 2 is 1.49 bits per heavy atom. The van der Waals surface area contributed by atoms with Crippen LogP contribution in [0.3, 0.4) is 0 Å². The predicted octanol–water partition coefficient (Wildman–Crippen LogP) is 4.99. The third kappa shape index (κ3) is 5.78. The van der Waals surface area contributed by atoms with Gasteiger partial charge in [-0.25, -0.2) is 4.79 Å². The monoisotopic (exact) mass is 546 g/mol. The largest absolute Gasteiger partial charge is 0.451 e. The van der Waals surface area contributed by atoms with Gasteiger partial charge < -0.3 is 15.0 Å². The lowest BCUT2D eigenvalue weighted by Gasteiger charge is -2.51. The molecule has 0 saturated carbocycles. The number of carbonyl (C=O) groups is 3. The fourth-order valence-electron chi connectivity index (χ4n) is 4.67. The van der Waals surface area contributed by atoms with Crippen molar-refractivity contribution in [2.24, 2.45) is 0 Å². The van der Waals surface area contributed by atoms with Gasteiger partial charge in [-0.2, -0.15) is 8.78 Å². The molecular formula is C30H24F2N2O4S. The van der Waals surface area contributed by atoms with Gasteiger partial charge in [0.05, 0.1) is 6.42 Å². The van der Waals surface area contributed by atoms with Crippen molar-refractivity contribution in [1.29, 1.82) is 0 Å². The molecule has 0 aromatic heterocycles. The van der Waals surface area contributed by atoms with Crippen LogP contribution in [0.25, 0.3) is 0 Å². The molecule has 3 aromatic carbocycles. The normalized spacial score (nSPS) is 19.9. The van der Waals surface area contributed by atoms with Gasteiger partial charge in [0, 0.05) is 6.08 Å². The Kier molecular flexibility index (Phi) is 7.88. The smallest absolute Gasteiger partial charge is 0.334 e. The molecule has 0 aliphatic carbocycles. The van der Waals surface area contributed by atoms with Crippen LogP contribution in [0.4, 0.5) is 8.78 Å². The molecule has 2 amide bonds. The van der Waals surface area contributed by atoms with E-state index in [1.54, 1.807) is 60.7 Å². The van der Waals surface area contributed by atoms with E-state index in [1.807, 2.05) is 30.3 Å². The molecule has 2 unspecified atom stereocenters. The van der Waals surface area contributed by atoms with E-state index in [2.05, 4.69) is 5.32 Å². The number of ether oxygens (including phenoxy) is 1. The van der Waals surface area contributed by atoms with Crippen molar-refractivity contribution < 1.29 is 27.9 Å². The molecule has 39 heavy (non-hydrogen) atoms. The van der Waals surface area contributed by atoms with E-state index in [0.717, 1.165) is 17.3 Å². The van der Waals surface area contributed by atoms with Gasteiger partial charge in [-0.05, 0) is 27.7 Å². The first-order valence-electron chi connectivity index (χ1n) is 12.3. The summed E-state index contributed by atoms with van der Waals surface area (Å²) in [4.78, 5) is 40.7. The summed E-state index contributed by atoms with van der Waals surface area (Å²) in [7, 11) is 0. The molecule has 0 radical (unpaired) electrons. The first-order chi connectivity index (χ1) is 18.9. The molecule has 1 fully saturated rings. The number of β-lactam (4-membered cyclic amide) rings is 1. The SMILES string of the molecule is O=C(Cc1ccccc1)NC1C(=O)N2C(C(=O)OC(c3ccccc3)c3ccccc3)C(C=C(F)F)=CS[C@H]12. The molecule has 6 nitrogen and oxygen atoms in total. The molecule has 3 atom stereocenters. The lowest BCUT2D eigenvalue weighted by atomic mass is 9.97. The number of fused-ring (bicyclic) bond motifs is 1. The Hall–Kier alpha value is -4.24. The zero-order valence-electron chi connectivity index (χ0n) is 20.6. The summed E-state index contributed by atoms with van der Waals surface area (Å²) in [5, 5.41) is 3.51. The Bertz CT molecular complexity index is 1370. The number of hydrogen-bond donors (Lipinski definition) is 1. The van der Waals surface area contributed by atoms with Crippen LogP contribution in [0.5, 0.6) is 0 Å². The fraction of sp³-hybridized carbons (Fsp3) is 0.167. The van der Waals surface area contributed by atoms with Crippen LogP contribution in [0.15, 0.2) is 114 Å². The van der Waals surface area contributed by atoms with Crippen molar-refractivity contribution in [1.82, 2.24) is 10.2 Å². The third-order valence-electron chi connectivity index (χ3n) is 6.48. The first-order valence-corrected chi connectivity index (χ1v) is 13.2. The van der Waals surface area contributed by atoms with E-state index in [4.69, 9.17) is 4.74 Å². The maximum atomic E-state index is 13.6. The molecule has 2 aliphatic heterocycles. The van der Waals surface area contributed by atoms with Gasteiger partial charge in [-0.15, -0.1) is 11.8 Å². The molecule has 2 heterocycles. The molecule has 198 valence electrons. The molecule has 5 rings (SSSR count). The van der Waals surface area contributed by atoms with Gasteiger partial charge in [-0.3, -0.25) is 9.59 Å². The number of amides is 2. The maximum absolute atomic E-state index is 13.6. The molecule has 9 heteroatoms. The fourth-order valence-corrected chi connectivity index (χ4v) is 5.86. The second kappa shape index (κ2) is 11.7. The molecule has 2 aliphatic rings. The van der Waals surface area contributed by atoms with E-state index >= 15 is 0 Å². The number of halogens is 2. The Labute approximate surface area is 228 Å². The van der Waals surface area contributed by atoms with E-state index in [-0.39, 0.29) is 17.9 Å². The lowest BCUT2D eigenvalue weighted by molar-refractivity contribution is -0.165. The first kappa shape index (κ1) is 26.4. The van der Waals surface area contributed by atoms with Gasteiger partial charge >= 0.3 is 5.97 Å². The van der Waals surface area contributed by atoms with Gasteiger partial charge in [-0.1, -0.05) is 91.0 Å². The van der Waals surface area contributed by atoms with Crippen molar-refractivity contribution in [2.75, 3.05) is 0 Å². The number of esters is 1. The van der Waals surface area contributed by atoms with Crippen molar-refractivity contribution in [2.45, 2.75) is 30.0 Å². The van der Waals surface area contributed by atoms with Crippen molar-refractivity contribution >= 4 is 29.5 Å². The summed E-state index contributed by atoms with van der Waals surface area (Å²) in [5.74, 6) is -1.73. The van der Waals surface area contributed by atoms with E-state index in [9.17, 15) is 23.2 Å². The average Bonchev–Trinajstić information content (AvgIpc) is 2.95. The highest BCUT2D eigenvalue weighted by Crippen LogP contribution is 2.42. The topological polar surface area (TPSA) is 75.7 Å². The van der Waals surface area contributed by atoms with Gasteiger partial charge in [0.25, 0.3) is 6.08 Å². The number of hydrogen-bond acceptors (Lipinski definition) is 5. The third-order valence-corrected chi connectivity index (χ3v) is 7.67. The van der Waals surface area contributed by atoms with Gasteiger partial charge in [0.1, 0.15) is 11.4 Å². The van der Waals surface area contributed by atoms with Crippen LogP contribution in [0.1, 0.15) is 22.8 Å². The van der Waals surface area contributed by atoms with Crippen molar-refractivity contribution in [3.8, 4) is 0 Å². The number of benzene rings is 3. The van der Waals surface area contributed by atoms with Gasteiger partial charge in [0.2, 0.25) is 11.8 Å². The zero-order valence-corrected chi connectivity index (χ0v) is 21.4. The molecule has 1 saturated heterocycles. The summed E-state index contributed by atoms with van der Waals surface area (Å²) >= 11 is 1.10. The number of nitrogens with zero attached hydrogens (tertiary/aromatic N) is 1. The van der Waals surface area contributed by atoms with Crippen LogP contribution < -0.4 is 5.32 Å². The quantitative estimate of drug-likeness (QED) is 0.318. The van der Waals surface area contributed by atoms with Crippen LogP contribution in [0.2, 0.25) is 0 Å². The summed E-state index contributed by atoms with van der Waals surface area (Å²) < 4.78 is 32.6.